The van der Waals surface area contributed by atoms with E-state index >= 15 is 0 Å². The quantitative estimate of drug-likeness (QED) is 0.653. The summed E-state index contributed by atoms with van der Waals surface area (Å²) in [7, 11) is 0. The first-order valence-electron chi connectivity index (χ1n) is 4.59. The highest BCUT2D eigenvalue weighted by molar-refractivity contribution is 4.95. The van der Waals surface area contributed by atoms with Crippen molar-refractivity contribution < 1.29 is 9.84 Å². The first-order chi connectivity index (χ1) is 5.29. The SMILES string of the molecule is OC1(CC2CCOCC2)CC1. The highest BCUT2D eigenvalue weighted by Gasteiger charge is 2.41. The minimum Gasteiger partial charge on any atom is -0.390 e. The lowest BCUT2D eigenvalue weighted by Crippen LogP contribution is -2.21. The van der Waals surface area contributed by atoms with Crippen LogP contribution in [0.25, 0.3) is 0 Å². The Morgan fingerprint density at radius 2 is 1.91 bits per heavy atom. The van der Waals surface area contributed by atoms with Crippen LogP contribution in [0.15, 0.2) is 0 Å². The van der Waals surface area contributed by atoms with E-state index in [4.69, 9.17) is 4.74 Å². The molecule has 1 saturated carbocycles. The summed E-state index contributed by atoms with van der Waals surface area (Å²) >= 11 is 0. The molecule has 0 aromatic rings. The molecule has 0 amide bonds. The number of aliphatic hydroxyl groups is 1. The molecule has 2 rings (SSSR count). The molecule has 1 aliphatic carbocycles. The average molecular weight is 156 g/mol. The summed E-state index contributed by atoms with van der Waals surface area (Å²) < 4.78 is 5.25. The van der Waals surface area contributed by atoms with Gasteiger partial charge in [-0.05, 0) is 38.0 Å². The van der Waals surface area contributed by atoms with Gasteiger partial charge >= 0.3 is 0 Å². The Morgan fingerprint density at radius 1 is 1.27 bits per heavy atom. The van der Waals surface area contributed by atoms with E-state index < -0.39 is 0 Å². The third kappa shape index (κ3) is 1.94. The van der Waals surface area contributed by atoms with Gasteiger partial charge in [0, 0.05) is 13.2 Å². The van der Waals surface area contributed by atoms with Crippen LogP contribution in [-0.2, 0) is 4.74 Å². The second-order valence-corrected chi connectivity index (χ2v) is 3.98. The summed E-state index contributed by atoms with van der Waals surface area (Å²) in [5, 5.41) is 9.64. The molecule has 1 N–H and O–H groups in total. The zero-order valence-corrected chi connectivity index (χ0v) is 6.88. The van der Waals surface area contributed by atoms with Crippen LogP contribution < -0.4 is 0 Å². The van der Waals surface area contributed by atoms with E-state index in [2.05, 4.69) is 0 Å². The van der Waals surface area contributed by atoms with Crippen molar-refractivity contribution in [1.82, 2.24) is 0 Å². The molecule has 2 nitrogen and oxygen atoms in total. The second-order valence-electron chi connectivity index (χ2n) is 3.98. The molecule has 1 heterocycles. The highest BCUT2D eigenvalue weighted by atomic mass is 16.5. The van der Waals surface area contributed by atoms with Crippen molar-refractivity contribution in [3.05, 3.63) is 0 Å². The maximum Gasteiger partial charge on any atom is 0.0652 e. The minimum atomic E-state index is -0.248. The summed E-state index contributed by atoms with van der Waals surface area (Å²) in [5.41, 5.74) is -0.248. The third-order valence-electron chi connectivity index (χ3n) is 2.84. The van der Waals surface area contributed by atoms with Gasteiger partial charge in [0.2, 0.25) is 0 Å². The van der Waals surface area contributed by atoms with Crippen molar-refractivity contribution in [2.75, 3.05) is 13.2 Å². The van der Waals surface area contributed by atoms with Crippen molar-refractivity contribution in [3.63, 3.8) is 0 Å². The highest BCUT2D eigenvalue weighted by Crippen LogP contribution is 2.42. The Balaban J connectivity index is 1.76. The molecule has 1 saturated heterocycles. The third-order valence-corrected chi connectivity index (χ3v) is 2.84. The van der Waals surface area contributed by atoms with Crippen LogP contribution in [0, 0.1) is 5.92 Å². The molecule has 0 spiro atoms. The van der Waals surface area contributed by atoms with Gasteiger partial charge in [-0.2, -0.15) is 0 Å². The van der Waals surface area contributed by atoms with Crippen molar-refractivity contribution in [1.29, 1.82) is 0 Å². The van der Waals surface area contributed by atoms with Crippen molar-refractivity contribution in [2.24, 2.45) is 5.92 Å². The topological polar surface area (TPSA) is 29.5 Å². The number of hydrogen-bond acceptors (Lipinski definition) is 2. The van der Waals surface area contributed by atoms with E-state index in [1.165, 1.54) is 0 Å². The lowest BCUT2D eigenvalue weighted by Gasteiger charge is -2.23. The minimum absolute atomic E-state index is 0.248. The molecule has 2 heteroatoms. The molecular weight excluding hydrogens is 140 g/mol. The van der Waals surface area contributed by atoms with Crippen molar-refractivity contribution >= 4 is 0 Å². The molecule has 11 heavy (non-hydrogen) atoms. The van der Waals surface area contributed by atoms with Gasteiger partial charge < -0.3 is 9.84 Å². The molecule has 0 atom stereocenters. The average Bonchev–Trinajstić information content (AvgIpc) is 2.70. The molecule has 2 fully saturated rings. The predicted octanol–water partition coefficient (Wildman–Crippen LogP) is 1.33. The van der Waals surface area contributed by atoms with Crippen LogP contribution in [0.5, 0.6) is 0 Å². The molecule has 0 unspecified atom stereocenters. The predicted molar refractivity (Wildman–Crippen MR) is 42.3 cm³/mol. The Hall–Kier alpha value is -0.0800. The van der Waals surface area contributed by atoms with E-state index in [9.17, 15) is 5.11 Å². The van der Waals surface area contributed by atoms with E-state index in [1.54, 1.807) is 0 Å². The van der Waals surface area contributed by atoms with Gasteiger partial charge in [-0.1, -0.05) is 0 Å². The smallest absolute Gasteiger partial charge is 0.0652 e. The second kappa shape index (κ2) is 2.76. The lowest BCUT2D eigenvalue weighted by atomic mass is 9.93. The molecular formula is C9H16O2. The van der Waals surface area contributed by atoms with E-state index in [-0.39, 0.29) is 5.60 Å². The summed E-state index contributed by atoms with van der Waals surface area (Å²) in [6.45, 7) is 1.81. The Labute approximate surface area is 67.6 Å². The molecule has 0 bridgehead atoms. The maximum atomic E-state index is 9.64. The number of rotatable bonds is 2. The van der Waals surface area contributed by atoms with E-state index in [0.29, 0.717) is 0 Å². The first-order valence-corrected chi connectivity index (χ1v) is 4.59. The normalized spacial score (nSPS) is 30.3. The van der Waals surface area contributed by atoms with Gasteiger partial charge in [-0.3, -0.25) is 0 Å². The summed E-state index contributed by atoms with van der Waals surface area (Å²) in [5.74, 6) is 0.733. The van der Waals surface area contributed by atoms with Gasteiger partial charge in [-0.25, -0.2) is 0 Å². The van der Waals surface area contributed by atoms with E-state index in [0.717, 1.165) is 51.2 Å². The van der Waals surface area contributed by atoms with Crippen LogP contribution in [0.2, 0.25) is 0 Å². The standard InChI is InChI=1S/C9H16O2/c10-9(3-4-9)7-8-1-5-11-6-2-8/h8,10H,1-7H2. The fourth-order valence-corrected chi connectivity index (χ4v) is 1.84. The Bertz CT molecular complexity index is 134. The zero-order valence-electron chi connectivity index (χ0n) is 6.88. The van der Waals surface area contributed by atoms with E-state index in [1.807, 2.05) is 0 Å². The molecule has 2 aliphatic rings. The van der Waals surface area contributed by atoms with Gasteiger partial charge in [0.25, 0.3) is 0 Å². The maximum absolute atomic E-state index is 9.64. The Morgan fingerprint density at radius 3 is 2.45 bits per heavy atom. The van der Waals surface area contributed by atoms with Gasteiger partial charge in [-0.15, -0.1) is 0 Å². The first kappa shape index (κ1) is 7.56. The van der Waals surface area contributed by atoms with Crippen LogP contribution >= 0.6 is 0 Å². The summed E-state index contributed by atoms with van der Waals surface area (Å²) in [4.78, 5) is 0. The molecule has 1 aliphatic heterocycles. The largest absolute Gasteiger partial charge is 0.390 e. The molecule has 0 aromatic heterocycles. The van der Waals surface area contributed by atoms with Gasteiger partial charge in [0.15, 0.2) is 0 Å². The summed E-state index contributed by atoms with van der Waals surface area (Å²) in [6, 6.07) is 0. The zero-order chi connectivity index (χ0) is 7.73. The van der Waals surface area contributed by atoms with Gasteiger partial charge in [0.1, 0.15) is 0 Å². The lowest BCUT2D eigenvalue weighted by molar-refractivity contribution is 0.0372. The number of hydrogen-bond donors (Lipinski definition) is 1. The molecule has 0 aromatic carbocycles. The molecule has 0 radical (unpaired) electrons. The van der Waals surface area contributed by atoms with Crippen molar-refractivity contribution in [2.45, 2.75) is 37.7 Å². The van der Waals surface area contributed by atoms with Crippen LogP contribution in [0.4, 0.5) is 0 Å². The monoisotopic (exact) mass is 156 g/mol. The summed E-state index contributed by atoms with van der Waals surface area (Å²) in [6.07, 6.45) is 5.40. The van der Waals surface area contributed by atoms with Crippen LogP contribution in [0.1, 0.15) is 32.1 Å². The number of ether oxygens (including phenoxy) is 1. The Kier molecular flexibility index (Phi) is 1.90. The van der Waals surface area contributed by atoms with Gasteiger partial charge in [0.05, 0.1) is 5.60 Å². The van der Waals surface area contributed by atoms with Crippen LogP contribution in [0.3, 0.4) is 0 Å². The molecule has 64 valence electrons. The van der Waals surface area contributed by atoms with Crippen molar-refractivity contribution in [3.8, 4) is 0 Å². The fourth-order valence-electron chi connectivity index (χ4n) is 1.84. The van der Waals surface area contributed by atoms with Crippen LogP contribution in [-0.4, -0.2) is 23.9 Å². The fraction of sp³-hybridized carbons (Fsp3) is 1.00.